The van der Waals surface area contributed by atoms with Crippen LogP contribution in [0, 0.1) is 0 Å². The van der Waals surface area contributed by atoms with Gasteiger partial charge in [0.15, 0.2) is 0 Å². The van der Waals surface area contributed by atoms with Gasteiger partial charge in [-0.2, -0.15) is 0 Å². The molecule has 0 aromatic carbocycles. The highest BCUT2D eigenvalue weighted by atomic mass is 16.7. The van der Waals surface area contributed by atoms with Crippen molar-refractivity contribution in [3.8, 4) is 5.88 Å². The van der Waals surface area contributed by atoms with E-state index in [2.05, 4.69) is 59.5 Å². The highest BCUT2D eigenvalue weighted by Gasteiger charge is 2.52. The Hall–Kier alpha value is -1.07. The SMILES string of the molecule is CCOc1cc(B2OC(C)(C)C(C)(C)O2)cc(C(C)(C)C)n1. The number of rotatable bonds is 3. The molecule has 0 N–H and O–H groups in total. The van der Waals surface area contributed by atoms with Crippen LogP contribution >= 0.6 is 0 Å². The van der Waals surface area contributed by atoms with Crippen LogP contribution < -0.4 is 10.2 Å². The first-order chi connectivity index (χ1) is 9.96. The first kappa shape index (κ1) is 17.3. The lowest BCUT2D eigenvalue weighted by atomic mass is 9.77. The molecule has 22 heavy (non-hydrogen) atoms. The first-order valence-electron chi connectivity index (χ1n) is 7.97. The lowest BCUT2D eigenvalue weighted by molar-refractivity contribution is 0.00578. The molecule has 1 aromatic heterocycles. The Labute approximate surface area is 134 Å². The van der Waals surface area contributed by atoms with Crippen molar-refractivity contribution in [1.29, 1.82) is 0 Å². The molecule has 2 rings (SSSR count). The van der Waals surface area contributed by atoms with Gasteiger partial charge in [0, 0.05) is 17.2 Å². The van der Waals surface area contributed by atoms with Crippen molar-refractivity contribution in [2.45, 2.75) is 72.0 Å². The summed E-state index contributed by atoms with van der Waals surface area (Å²) in [5, 5.41) is 0. The molecule has 0 aliphatic carbocycles. The van der Waals surface area contributed by atoms with Crippen LogP contribution in [-0.2, 0) is 14.7 Å². The van der Waals surface area contributed by atoms with Gasteiger partial charge in [0.1, 0.15) is 0 Å². The topological polar surface area (TPSA) is 40.6 Å². The summed E-state index contributed by atoms with van der Waals surface area (Å²) in [5.41, 5.74) is 1.17. The van der Waals surface area contributed by atoms with Gasteiger partial charge in [-0.3, -0.25) is 0 Å². The third-order valence-electron chi connectivity index (χ3n) is 4.41. The summed E-state index contributed by atoms with van der Waals surface area (Å²) in [5.74, 6) is 0.625. The summed E-state index contributed by atoms with van der Waals surface area (Å²) in [4.78, 5) is 4.61. The number of hydrogen-bond donors (Lipinski definition) is 0. The monoisotopic (exact) mass is 305 g/mol. The predicted octanol–water partition coefficient (Wildman–Crippen LogP) is 3.08. The minimum Gasteiger partial charge on any atom is -0.478 e. The largest absolute Gasteiger partial charge is 0.495 e. The Morgan fingerprint density at radius 1 is 1.09 bits per heavy atom. The fourth-order valence-corrected chi connectivity index (χ4v) is 2.25. The molecule has 4 nitrogen and oxygen atoms in total. The van der Waals surface area contributed by atoms with E-state index in [0.717, 1.165) is 11.2 Å². The van der Waals surface area contributed by atoms with Crippen molar-refractivity contribution < 1.29 is 14.0 Å². The Morgan fingerprint density at radius 2 is 1.64 bits per heavy atom. The molecule has 0 radical (unpaired) electrons. The lowest BCUT2D eigenvalue weighted by Gasteiger charge is -2.32. The highest BCUT2D eigenvalue weighted by Crippen LogP contribution is 2.36. The van der Waals surface area contributed by atoms with Gasteiger partial charge >= 0.3 is 7.12 Å². The van der Waals surface area contributed by atoms with E-state index in [1.54, 1.807) is 0 Å². The smallest absolute Gasteiger partial charge is 0.478 e. The van der Waals surface area contributed by atoms with Crippen LogP contribution in [-0.4, -0.2) is 29.9 Å². The van der Waals surface area contributed by atoms with Gasteiger partial charge in [0.05, 0.1) is 17.8 Å². The lowest BCUT2D eigenvalue weighted by Crippen LogP contribution is -2.41. The molecule has 1 aliphatic heterocycles. The van der Waals surface area contributed by atoms with Crippen molar-refractivity contribution in [2.75, 3.05) is 6.61 Å². The van der Waals surface area contributed by atoms with Crippen LogP contribution in [0.5, 0.6) is 5.88 Å². The zero-order valence-electron chi connectivity index (χ0n) is 15.1. The molecular formula is C17H28BNO3. The Balaban J connectivity index is 2.41. The van der Waals surface area contributed by atoms with Crippen molar-refractivity contribution in [3.05, 3.63) is 17.8 Å². The molecule has 1 fully saturated rings. The van der Waals surface area contributed by atoms with Crippen molar-refractivity contribution >= 4 is 12.6 Å². The quantitative estimate of drug-likeness (QED) is 0.805. The zero-order valence-corrected chi connectivity index (χ0v) is 15.1. The second-order valence-corrected chi connectivity index (χ2v) is 7.90. The fraction of sp³-hybridized carbons (Fsp3) is 0.706. The van der Waals surface area contributed by atoms with E-state index < -0.39 is 7.12 Å². The molecule has 0 bridgehead atoms. The number of aromatic nitrogens is 1. The van der Waals surface area contributed by atoms with E-state index in [1.165, 1.54) is 0 Å². The van der Waals surface area contributed by atoms with Crippen molar-refractivity contribution in [3.63, 3.8) is 0 Å². The fourth-order valence-electron chi connectivity index (χ4n) is 2.25. The minimum absolute atomic E-state index is 0.0640. The third-order valence-corrected chi connectivity index (χ3v) is 4.41. The van der Waals surface area contributed by atoms with E-state index in [1.807, 2.05) is 13.0 Å². The number of pyridine rings is 1. The number of hydrogen-bond acceptors (Lipinski definition) is 4. The van der Waals surface area contributed by atoms with Gasteiger partial charge in [-0.25, -0.2) is 4.98 Å². The highest BCUT2D eigenvalue weighted by molar-refractivity contribution is 6.62. The second-order valence-electron chi connectivity index (χ2n) is 7.90. The Morgan fingerprint density at radius 3 is 2.09 bits per heavy atom. The summed E-state index contributed by atoms with van der Waals surface area (Å²) in [6.07, 6.45) is 0. The van der Waals surface area contributed by atoms with E-state index in [9.17, 15) is 0 Å². The van der Waals surface area contributed by atoms with Gasteiger partial charge in [0.2, 0.25) is 5.88 Å². The number of nitrogens with zero attached hydrogens (tertiary/aromatic N) is 1. The van der Waals surface area contributed by atoms with Gasteiger partial charge < -0.3 is 14.0 Å². The van der Waals surface area contributed by atoms with Crippen molar-refractivity contribution in [2.24, 2.45) is 0 Å². The summed E-state index contributed by atoms with van der Waals surface area (Å²) in [7, 11) is -0.395. The summed E-state index contributed by atoms with van der Waals surface area (Å²) >= 11 is 0. The van der Waals surface area contributed by atoms with Crippen LogP contribution in [0.4, 0.5) is 0 Å². The molecule has 1 aliphatic rings. The van der Waals surface area contributed by atoms with Crippen LogP contribution in [0.15, 0.2) is 12.1 Å². The molecule has 0 unspecified atom stereocenters. The standard InChI is InChI=1S/C17H28BNO3/c1-9-20-14-11-12(10-13(19-14)15(2,3)4)18-21-16(5,6)17(7,8)22-18/h10-11H,9H2,1-8H3. The molecule has 0 saturated carbocycles. The maximum Gasteiger partial charge on any atom is 0.495 e. The molecule has 0 amide bonds. The van der Waals surface area contributed by atoms with E-state index >= 15 is 0 Å². The Bertz CT molecular complexity index is 533. The van der Waals surface area contributed by atoms with E-state index in [-0.39, 0.29) is 16.6 Å². The summed E-state index contributed by atoms with van der Waals surface area (Å²) in [6.45, 7) is 17.2. The van der Waals surface area contributed by atoms with Crippen LogP contribution in [0.1, 0.15) is 61.1 Å². The Kier molecular flexibility index (Phi) is 4.35. The second kappa shape index (κ2) is 5.53. The maximum atomic E-state index is 6.15. The van der Waals surface area contributed by atoms with Gasteiger partial charge in [-0.1, -0.05) is 20.8 Å². The van der Waals surface area contributed by atoms with Gasteiger partial charge in [0.25, 0.3) is 0 Å². The van der Waals surface area contributed by atoms with Crippen LogP contribution in [0.3, 0.4) is 0 Å². The normalized spacial score (nSPS) is 20.3. The van der Waals surface area contributed by atoms with Gasteiger partial charge in [-0.15, -0.1) is 0 Å². The van der Waals surface area contributed by atoms with Crippen molar-refractivity contribution in [1.82, 2.24) is 4.98 Å². The molecule has 122 valence electrons. The summed E-state index contributed by atoms with van der Waals surface area (Å²) < 4.78 is 17.9. The third kappa shape index (κ3) is 3.30. The summed E-state index contributed by atoms with van der Waals surface area (Å²) in [6, 6.07) is 3.98. The molecule has 0 atom stereocenters. The minimum atomic E-state index is -0.395. The molecule has 5 heteroatoms. The predicted molar refractivity (Wildman–Crippen MR) is 89.8 cm³/mol. The molecular weight excluding hydrogens is 277 g/mol. The number of ether oxygens (including phenoxy) is 1. The molecule has 1 aromatic rings. The molecule has 0 spiro atoms. The van der Waals surface area contributed by atoms with Gasteiger partial charge in [-0.05, 0) is 46.1 Å². The van der Waals surface area contributed by atoms with Crippen LogP contribution in [0.2, 0.25) is 0 Å². The average Bonchev–Trinajstić information content (AvgIpc) is 2.57. The van der Waals surface area contributed by atoms with E-state index in [4.69, 9.17) is 14.0 Å². The average molecular weight is 305 g/mol. The molecule has 2 heterocycles. The van der Waals surface area contributed by atoms with Crippen LogP contribution in [0.25, 0.3) is 0 Å². The molecule has 1 saturated heterocycles. The van der Waals surface area contributed by atoms with E-state index in [0.29, 0.717) is 12.5 Å². The zero-order chi connectivity index (χ0) is 16.8. The maximum absolute atomic E-state index is 6.15. The first-order valence-corrected chi connectivity index (χ1v) is 7.97.